The smallest absolute Gasteiger partial charge is 0.218 e. The molecule has 6 heteroatoms. The standard InChI is InChI=1S/C8H14O4.C4H9NO/c1-8(10-2)4-12-6-5(9)3-11-7(6)8;1-4(6)5(2)3/h5-7,9H,3-4H2,1-2H3;1-3H3/t5-,6-,7+,8+;/m1./s1. The molecule has 4 atom stereocenters. The Labute approximate surface area is 108 Å². The van der Waals surface area contributed by atoms with E-state index in [1.807, 2.05) is 6.92 Å². The largest absolute Gasteiger partial charge is 0.388 e. The molecule has 0 bridgehead atoms. The summed E-state index contributed by atoms with van der Waals surface area (Å²) in [5.41, 5.74) is -0.387. The SMILES string of the molecule is CC(=O)N(C)C.CO[C@@]1(C)CO[C@@H]2[C@H](O)CO[C@@H]21. The molecular weight excluding hydrogens is 238 g/mol. The van der Waals surface area contributed by atoms with Gasteiger partial charge in [0.05, 0.1) is 13.2 Å². The summed E-state index contributed by atoms with van der Waals surface area (Å²) in [6, 6.07) is 0. The number of aliphatic hydroxyl groups excluding tert-OH is 1. The molecule has 1 N–H and O–H groups in total. The number of hydrogen-bond acceptors (Lipinski definition) is 5. The lowest BCUT2D eigenvalue weighted by Gasteiger charge is -2.26. The fourth-order valence-corrected chi connectivity index (χ4v) is 1.83. The van der Waals surface area contributed by atoms with E-state index in [2.05, 4.69) is 0 Å². The van der Waals surface area contributed by atoms with E-state index in [0.29, 0.717) is 13.2 Å². The fourth-order valence-electron chi connectivity index (χ4n) is 1.83. The minimum Gasteiger partial charge on any atom is -0.388 e. The first kappa shape index (κ1) is 15.4. The lowest BCUT2D eigenvalue weighted by Crippen LogP contribution is -2.42. The molecule has 2 fully saturated rings. The first-order valence-corrected chi connectivity index (χ1v) is 5.96. The third-order valence-corrected chi connectivity index (χ3v) is 3.38. The molecule has 18 heavy (non-hydrogen) atoms. The van der Waals surface area contributed by atoms with Gasteiger partial charge in [0, 0.05) is 28.1 Å². The van der Waals surface area contributed by atoms with Gasteiger partial charge in [-0.2, -0.15) is 0 Å². The van der Waals surface area contributed by atoms with Crippen molar-refractivity contribution in [3.8, 4) is 0 Å². The van der Waals surface area contributed by atoms with Gasteiger partial charge in [-0.3, -0.25) is 4.79 Å². The van der Waals surface area contributed by atoms with Gasteiger partial charge in [-0.25, -0.2) is 0 Å². The molecule has 1 amide bonds. The van der Waals surface area contributed by atoms with E-state index >= 15 is 0 Å². The molecule has 106 valence electrons. The number of rotatable bonds is 1. The van der Waals surface area contributed by atoms with Gasteiger partial charge < -0.3 is 24.2 Å². The fraction of sp³-hybridized carbons (Fsp3) is 0.917. The molecule has 0 radical (unpaired) electrons. The Morgan fingerprint density at radius 3 is 2.44 bits per heavy atom. The normalized spacial score (nSPS) is 37.8. The second kappa shape index (κ2) is 5.97. The number of hydrogen-bond donors (Lipinski definition) is 1. The summed E-state index contributed by atoms with van der Waals surface area (Å²) in [5, 5.41) is 9.42. The number of ether oxygens (including phenoxy) is 3. The van der Waals surface area contributed by atoms with Crippen LogP contribution in [0.25, 0.3) is 0 Å². The molecule has 2 aliphatic rings. The van der Waals surface area contributed by atoms with Crippen molar-refractivity contribution in [3.63, 3.8) is 0 Å². The van der Waals surface area contributed by atoms with E-state index in [9.17, 15) is 9.90 Å². The van der Waals surface area contributed by atoms with Crippen LogP contribution in [0, 0.1) is 0 Å². The van der Waals surface area contributed by atoms with Crippen LogP contribution in [0.5, 0.6) is 0 Å². The van der Waals surface area contributed by atoms with Gasteiger partial charge in [-0.1, -0.05) is 0 Å². The van der Waals surface area contributed by atoms with Crippen molar-refractivity contribution in [1.29, 1.82) is 0 Å². The maximum absolute atomic E-state index is 10.1. The van der Waals surface area contributed by atoms with Crippen molar-refractivity contribution in [2.45, 2.75) is 37.8 Å². The highest BCUT2D eigenvalue weighted by molar-refractivity contribution is 5.72. The van der Waals surface area contributed by atoms with Crippen LogP contribution >= 0.6 is 0 Å². The number of carbonyl (C=O) groups excluding carboxylic acids is 1. The molecular formula is C12H23NO5. The van der Waals surface area contributed by atoms with Gasteiger partial charge in [0.25, 0.3) is 0 Å². The van der Waals surface area contributed by atoms with Crippen molar-refractivity contribution in [3.05, 3.63) is 0 Å². The maximum atomic E-state index is 10.1. The van der Waals surface area contributed by atoms with E-state index < -0.39 is 6.10 Å². The summed E-state index contributed by atoms with van der Waals surface area (Å²) in [6.45, 7) is 4.32. The zero-order valence-corrected chi connectivity index (χ0v) is 11.7. The minimum atomic E-state index is -0.494. The minimum absolute atomic E-state index is 0.0926. The van der Waals surface area contributed by atoms with Gasteiger partial charge in [0.2, 0.25) is 5.91 Å². The number of nitrogens with zero attached hydrogens (tertiary/aromatic N) is 1. The molecule has 0 aromatic carbocycles. The topological polar surface area (TPSA) is 68.2 Å². The lowest BCUT2D eigenvalue weighted by molar-refractivity contribution is -0.126. The third-order valence-electron chi connectivity index (χ3n) is 3.38. The molecule has 0 aromatic heterocycles. The van der Waals surface area contributed by atoms with Crippen LogP contribution in [0.15, 0.2) is 0 Å². The predicted molar refractivity (Wildman–Crippen MR) is 65.3 cm³/mol. The molecule has 2 heterocycles. The number of fused-ring (bicyclic) bond motifs is 1. The maximum Gasteiger partial charge on any atom is 0.218 e. The van der Waals surface area contributed by atoms with Crippen LogP contribution in [-0.4, -0.2) is 74.2 Å². The summed E-state index contributed by atoms with van der Waals surface area (Å²) in [7, 11) is 5.09. The first-order valence-electron chi connectivity index (χ1n) is 5.96. The zero-order chi connectivity index (χ0) is 13.9. The van der Waals surface area contributed by atoms with Gasteiger partial charge in [-0.05, 0) is 6.92 Å². The van der Waals surface area contributed by atoms with Crippen LogP contribution in [0.1, 0.15) is 13.8 Å². The molecule has 0 aromatic rings. The molecule has 2 saturated heterocycles. The van der Waals surface area contributed by atoms with E-state index in [-0.39, 0.29) is 23.7 Å². The van der Waals surface area contributed by atoms with Crippen LogP contribution < -0.4 is 0 Å². The van der Waals surface area contributed by atoms with Crippen LogP contribution in [0.3, 0.4) is 0 Å². The Bertz CT molecular complexity index is 296. The van der Waals surface area contributed by atoms with Gasteiger partial charge in [-0.15, -0.1) is 0 Å². The van der Waals surface area contributed by atoms with E-state index in [1.54, 1.807) is 21.2 Å². The Hall–Kier alpha value is -0.690. The molecule has 2 aliphatic heterocycles. The summed E-state index contributed by atoms with van der Waals surface area (Å²) >= 11 is 0. The Balaban J connectivity index is 0.000000232. The van der Waals surface area contributed by atoms with Crippen LogP contribution in [0.2, 0.25) is 0 Å². The average molecular weight is 261 g/mol. The Kier molecular flexibility index (Phi) is 5.10. The van der Waals surface area contributed by atoms with Gasteiger partial charge in [0.1, 0.15) is 23.9 Å². The summed E-state index contributed by atoms with van der Waals surface area (Å²) in [4.78, 5) is 11.6. The van der Waals surface area contributed by atoms with Crippen molar-refractivity contribution < 1.29 is 24.1 Å². The van der Waals surface area contributed by atoms with Crippen molar-refractivity contribution in [2.24, 2.45) is 0 Å². The Morgan fingerprint density at radius 2 is 2.00 bits per heavy atom. The van der Waals surface area contributed by atoms with Crippen LogP contribution in [-0.2, 0) is 19.0 Å². The quantitative estimate of drug-likeness (QED) is 0.698. The molecule has 0 unspecified atom stereocenters. The number of methoxy groups -OCH3 is 1. The Morgan fingerprint density at radius 1 is 1.44 bits per heavy atom. The highest BCUT2D eigenvalue weighted by Gasteiger charge is 2.54. The number of amides is 1. The molecule has 0 spiro atoms. The van der Waals surface area contributed by atoms with Crippen molar-refractivity contribution in [1.82, 2.24) is 4.90 Å². The predicted octanol–water partition coefficient (Wildman–Crippen LogP) is -0.355. The monoisotopic (exact) mass is 261 g/mol. The van der Waals surface area contributed by atoms with Gasteiger partial charge in [0.15, 0.2) is 0 Å². The van der Waals surface area contributed by atoms with Crippen molar-refractivity contribution in [2.75, 3.05) is 34.4 Å². The average Bonchev–Trinajstić information content (AvgIpc) is 2.83. The molecule has 2 rings (SSSR count). The first-order chi connectivity index (χ1) is 8.31. The highest BCUT2D eigenvalue weighted by atomic mass is 16.6. The highest BCUT2D eigenvalue weighted by Crippen LogP contribution is 2.35. The zero-order valence-electron chi connectivity index (χ0n) is 11.7. The van der Waals surface area contributed by atoms with Crippen LogP contribution in [0.4, 0.5) is 0 Å². The van der Waals surface area contributed by atoms with E-state index in [1.165, 1.54) is 11.8 Å². The third kappa shape index (κ3) is 3.20. The number of aliphatic hydroxyl groups is 1. The lowest BCUT2D eigenvalue weighted by atomic mass is 9.98. The molecule has 0 saturated carbocycles. The second-order valence-corrected chi connectivity index (χ2v) is 5.03. The second-order valence-electron chi connectivity index (χ2n) is 5.03. The van der Waals surface area contributed by atoms with Gasteiger partial charge >= 0.3 is 0 Å². The number of carbonyl (C=O) groups is 1. The summed E-state index contributed by atoms with van der Waals surface area (Å²) < 4.78 is 16.1. The molecule has 0 aliphatic carbocycles. The van der Waals surface area contributed by atoms with Crippen molar-refractivity contribution >= 4 is 5.91 Å². The van der Waals surface area contributed by atoms with E-state index in [4.69, 9.17) is 14.2 Å². The van der Waals surface area contributed by atoms with E-state index in [0.717, 1.165) is 0 Å². The summed E-state index contributed by atoms with van der Waals surface area (Å²) in [6.07, 6.45) is -0.806. The summed E-state index contributed by atoms with van der Waals surface area (Å²) in [5.74, 6) is 0.0926. The molecule has 6 nitrogen and oxygen atoms in total.